The summed E-state index contributed by atoms with van der Waals surface area (Å²) in [5.41, 5.74) is 7.64. The van der Waals surface area contributed by atoms with Crippen LogP contribution < -0.4 is 11.1 Å². The maximum Gasteiger partial charge on any atom is 0.243 e. The van der Waals surface area contributed by atoms with E-state index in [1.807, 2.05) is 0 Å². The van der Waals surface area contributed by atoms with E-state index in [-0.39, 0.29) is 5.78 Å². The molecule has 0 saturated heterocycles. The monoisotopic (exact) mass is 332 g/mol. The molecule has 0 unspecified atom stereocenters. The van der Waals surface area contributed by atoms with Crippen molar-refractivity contribution in [2.45, 2.75) is 58.1 Å². The molecule has 4 N–H and O–H groups in total. The van der Waals surface area contributed by atoms with Gasteiger partial charge < -0.3 is 16.2 Å². The number of hydrogen-bond acceptors (Lipinski definition) is 4. The van der Waals surface area contributed by atoms with Crippen molar-refractivity contribution in [1.82, 2.24) is 0 Å². The minimum Gasteiger partial charge on any atom is -0.391 e. The molecule has 0 heterocycles. The first-order valence-corrected chi connectivity index (χ1v) is 8.39. The summed E-state index contributed by atoms with van der Waals surface area (Å²) < 4.78 is 0. The van der Waals surface area contributed by atoms with Crippen LogP contribution in [0.3, 0.4) is 0 Å². The van der Waals surface area contributed by atoms with Crippen LogP contribution in [0.4, 0.5) is 5.69 Å². The van der Waals surface area contributed by atoms with E-state index in [0.29, 0.717) is 17.7 Å². The predicted octanol–water partition coefficient (Wildman–Crippen LogP) is 3.04. The minimum absolute atomic E-state index is 0.0232. The van der Waals surface area contributed by atoms with Gasteiger partial charge in [-0.05, 0) is 44.0 Å². The fourth-order valence-corrected chi connectivity index (χ4v) is 2.23. The normalized spacial score (nSPS) is 13.2. The molecule has 5 nitrogen and oxygen atoms in total. The molecule has 1 rings (SSSR count). The second-order valence-electron chi connectivity index (χ2n) is 6.14. The van der Waals surface area contributed by atoms with Crippen LogP contribution in [0.15, 0.2) is 36.4 Å². The van der Waals surface area contributed by atoms with Crippen molar-refractivity contribution in [2.24, 2.45) is 5.73 Å². The van der Waals surface area contributed by atoms with Crippen LogP contribution in [0.2, 0.25) is 0 Å². The summed E-state index contributed by atoms with van der Waals surface area (Å²) in [7, 11) is 0. The van der Waals surface area contributed by atoms with Gasteiger partial charge in [-0.2, -0.15) is 0 Å². The average Bonchev–Trinajstić information content (AvgIpc) is 2.54. The molecule has 24 heavy (non-hydrogen) atoms. The standard InChI is InChI=1S/C19H28N2O3/c1-4-5-6-7-13(2)12-17(23)15-8-10-16(11-9-15)21-19(24)18(20)14(3)22/h8-11,14,18,22H,2,4-7,12,20H2,1,3H3,(H,21,24)/t14-,18+/m1/s1. The lowest BCUT2D eigenvalue weighted by Crippen LogP contribution is -2.43. The van der Waals surface area contributed by atoms with Gasteiger partial charge in [0, 0.05) is 17.7 Å². The van der Waals surface area contributed by atoms with Crippen LogP contribution in [0, 0.1) is 0 Å². The number of carbonyl (C=O) groups excluding carboxylic acids is 2. The number of nitrogens with two attached hydrogens (primary N) is 1. The summed E-state index contributed by atoms with van der Waals surface area (Å²) in [6, 6.07) is 5.66. The van der Waals surface area contributed by atoms with E-state index in [9.17, 15) is 14.7 Å². The highest BCUT2D eigenvalue weighted by Gasteiger charge is 2.18. The highest BCUT2D eigenvalue weighted by molar-refractivity contribution is 5.99. The number of amides is 1. The second kappa shape index (κ2) is 10.0. The van der Waals surface area contributed by atoms with Gasteiger partial charge in [-0.15, -0.1) is 0 Å². The SMILES string of the molecule is C=C(CCCCC)CC(=O)c1ccc(NC(=O)[C@@H](N)[C@@H](C)O)cc1. The number of aliphatic hydroxyl groups is 1. The summed E-state index contributed by atoms with van der Waals surface area (Å²) in [6.07, 6.45) is 3.66. The third kappa shape index (κ3) is 6.64. The van der Waals surface area contributed by atoms with E-state index in [0.717, 1.165) is 31.3 Å². The summed E-state index contributed by atoms with van der Waals surface area (Å²) in [6.45, 7) is 7.57. The third-order valence-corrected chi connectivity index (χ3v) is 3.84. The molecule has 2 atom stereocenters. The Balaban J connectivity index is 2.56. The zero-order chi connectivity index (χ0) is 18.1. The number of unbranched alkanes of at least 4 members (excludes halogenated alkanes) is 2. The summed E-state index contributed by atoms with van der Waals surface area (Å²) in [5.74, 6) is -0.441. The van der Waals surface area contributed by atoms with Gasteiger partial charge in [-0.3, -0.25) is 9.59 Å². The predicted molar refractivity (Wildman–Crippen MR) is 97.0 cm³/mol. The molecule has 1 aromatic rings. The lowest BCUT2D eigenvalue weighted by atomic mass is 10.00. The van der Waals surface area contributed by atoms with Crippen LogP contribution in [0.5, 0.6) is 0 Å². The van der Waals surface area contributed by atoms with Gasteiger partial charge in [0.2, 0.25) is 5.91 Å². The molecule has 0 fully saturated rings. The number of benzene rings is 1. The van der Waals surface area contributed by atoms with E-state index < -0.39 is 18.1 Å². The topological polar surface area (TPSA) is 92.4 Å². The van der Waals surface area contributed by atoms with E-state index >= 15 is 0 Å². The molecular formula is C19H28N2O3. The highest BCUT2D eigenvalue weighted by Crippen LogP contribution is 2.16. The first-order chi connectivity index (χ1) is 11.3. The number of nitrogens with one attached hydrogen (secondary N) is 1. The number of allylic oxidation sites excluding steroid dienone is 1. The number of rotatable bonds is 10. The van der Waals surface area contributed by atoms with Gasteiger partial charge in [0.15, 0.2) is 5.78 Å². The summed E-state index contributed by atoms with van der Waals surface area (Å²) >= 11 is 0. The quantitative estimate of drug-likeness (QED) is 0.349. The first kappa shape index (κ1) is 20.1. The number of hydrogen-bond donors (Lipinski definition) is 3. The van der Waals surface area contributed by atoms with Crippen LogP contribution in [-0.4, -0.2) is 28.9 Å². The Morgan fingerprint density at radius 3 is 2.42 bits per heavy atom. The highest BCUT2D eigenvalue weighted by atomic mass is 16.3. The number of Topliss-reactive ketones (excluding diaryl/α,β-unsaturated/α-hetero) is 1. The second-order valence-corrected chi connectivity index (χ2v) is 6.14. The third-order valence-electron chi connectivity index (χ3n) is 3.84. The molecule has 0 aliphatic rings. The molecule has 0 aliphatic heterocycles. The molecular weight excluding hydrogens is 304 g/mol. The smallest absolute Gasteiger partial charge is 0.243 e. The fourth-order valence-electron chi connectivity index (χ4n) is 2.23. The Morgan fingerprint density at radius 2 is 1.88 bits per heavy atom. The zero-order valence-electron chi connectivity index (χ0n) is 14.5. The van der Waals surface area contributed by atoms with Gasteiger partial charge in [0.05, 0.1) is 6.10 Å². The van der Waals surface area contributed by atoms with E-state index in [1.165, 1.54) is 6.92 Å². The lowest BCUT2D eigenvalue weighted by Gasteiger charge is -2.14. The molecule has 5 heteroatoms. The van der Waals surface area contributed by atoms with E-state index in [2.05, 4.69) is 18.8 Å². The maximum atomic E-state index is 12.2. The minimum atomic E-state index is -0.988. The van der Waals surface area contributed by atoms with Crippen molar-refractivity contribution >= 4 is 17.4 Å². The van der Waals surface area contributed by atoms with Gasteiger partial charge in [0.1, 0.15) is 6.04 Å². The number of ketones is 1. The number of aliphatic hydroxyl groups excluding tert-OH is 1. The van der Waals surface area contributed by atoms with Gasteiger partial charge in [-0.1, -0.05) is 31.9 Å². The van der Waals surface area contributed by atoms with Gasteiger partial charge in [0.25, 0.3) is 0 Å². The van der Waals surface area contributed by atoms with Crippen LogP contribution in [0.25, 0.3) is 0 Å². The Morgan fingerprint density at radius 1 is 1.25 bits per heavy atom. The lowest BCUT2D eigenvalue weighted by molar-refractivity contribution is -0.119. The number of carbonyl (C=O) groups is 2. The molecule has 0 aliphatic carbocycles. The average molecular weight is 332 g/mol. The van der Waals surface area contributed by atoms with E-state index in [4.69, 9.17) is 5.73 Å². The Kier molecular flexibility index (Phi) is 8.36. The van der Waals surface area contributed by atoms with Crippen LogP contribution >= 0.6 is 0 Å². The van der Waals surface area contributed by atoms with Gasteiger partial charge >= 0.3 is 0 Å². The Hall–Kier alpha value is -1.98. The molecule has 0 bridgehead atoms. The summed E-state index contributed by atoms with van der Waals surface area (Å²) in [5, 5.41) is 11.9. The van der Waals surface area contributed by atoms with Crippen molar-refractivity contribution in [1.29, 1.82) is 0 Å². The van der Waals surface area contributed by atoms with Crippen molar-refractivity contribution in [2.75, 3.05) is 5.32 Å². The van der Waals surface area contributed by atoms with Crippen molar-refractivity contribution in [3.8, 4) is 0 Å². The first-order valence-electron chi connectivity index (χ1n) is 8.39. The van der Waals surface area contributed by atoms with Crippen LogP contribution in [0.1, 0.15) is 56.3 Å². The number of anilines is 1. The van der Waals surface area contributed by atoms with Crippen molar-refractivity contribution in [3.63, 3.8) is 0 Å². The van der Waals surface area contributed by atoms with E-state index in [1.54, 1.807) is 24.3 Å². The summed E-state index contributed by atoms with van der Waals surface area (Å²) in [4.78, 5) is 24.0. The molecule has 1 amide bonds. The Bertz CT molecular complexity index is 564. The van der Waals surface area contributed by atoms with Crippen molar-refractivity contribution < 1.29 is 14.7 Å². The molecule has 132 valence electrons. The fraction of sp³-hybridized carbons (Fsp3) is 0.474. The maximum absolute atomic E-state index is 12.2. The molecule has 0 radical (unpaired) electrons. The molecule has 0 saturated carbocycles. The largest absolute Gasteiger partial charge is 0.391 e. The van der Waals surface area contributed by atoms with Crippen molar-refractivity contribution in [3.05, 3.63) is 42.0 Å². The Labute approximate surface area is 143 Å². The van der Waals surface area contributed by atoms with Gasteiger partial charge in [-0.25, -0.2) is 0 Å². The molecule has 0 aromatic heterocycles. The molecule has 1 aromatic carbocycles. The zero-order valence-corrected chi connectivity index (χ0v) is 14.5. The molecule has 0 spiro atoms. The van der Waals surface area contributed by atoms with Crippen LogP contribution in [-0.2, 0) is 4.79 Å².